The fraction of sp³-hybridized carbons (Fsp3) is 0.294. The van der Waals surface area contributed by atoms with Crippen molar-refractivity contribution in [1.29, 1.82) is 0 Å². The van der Waals surface area contributed by atoms with E-state index in [1.165, 1.54) is 5.56 Å². The van der Waals surface area contributed by atoms with Gasteiger partial charge in [0.15, 0.2) is 0 Å². The number of aryl methyl sites for hydroxylation is 1. The number of anilines is 1. The van der Waals surface area contributed by atoms with E-state index >= 15 is 0 Å². The van der Waals surface area contributed by atoms with Gasteiger partial charge in [0.1, 0.15) is 5.75 Å². The van der Waals surface area contributed by atoms with Gasteiger partial charge >= 0.3 is 0 Å². The lowest BCUT2D eigenvalue weighted by molar-refractivity contribution is 0.409. The first-order valence-corrected chi connectivity index (χ1v) is 8.02. The molecule has 0 spiro atoms. The maximum atomic E-state index is 6.20. The largest absolute Gasteiger partial charge is 0.496 e. The molecule has 0 radical (unpaired) electrons. The van der Waals surface area contributed by atoms with Gasteiger partial charge in [-0.2, -0.15) is 0 Å². The van der Waals surface area contributed by atoms with Gasteiger partial charge < -0.3 is 10.1 Å². The van der Waals surface area contributed by atoms with Gasteiger partial charge in [-0.1, -0.05) is 29.8 Å². The van der Waals surface area contributed by atoms with Gasteiger partial charge in [-0.15, -0.1) is 0 Å². The number of nitrogens with one attached hydrogen (secondary N) is 1. The molecule has 0 saturated heterocycles. The summed E-state index contributed by atoms with van der Waals surface area (Å²) < 4.78 is 6.42. The zero-order valence-electron chi connectivity index (χ0n) is 12.4. The molecule has 0 fully saturated rings. The first-order chi connectivity index (χ1) is 10.0. The van der Waals surface area contributed by atoms with Crippen molar-refractivity contribution in [3.05, 3.63) is 57.0 Å². The summed E-state index contributed by atoms with van der Waals surface area (Å²) in [5.74, 6) is 0.923. The first kappa shape index (κ1) is 16.2. The molecular formula is C17H19BrClNO. The molecule has 1 unspecified atom stereocenters. The van der Waals surface area contributed by atoms with E-state index in [0.29, 0.717) is 0 Å². The van der Waals surface area contributed by atoms with E-state index in [-0.39, 0.29) is 6.04 Å². The molecular weight excluding hydrogens is 350 g/mol. The Morgan fingerprint density at radius 3 is 2.71 bits per heavy atom. The second-order valence-corrected chi connectivity index (χ2v) is 6.40. The molecule has 0 aliphatic rings. The Bertz CT molecular complexity index is 630. The molecule has 0 bridgehead atoms. The molecule has 0 aliphatic heterocycles. The zero-order valence-corrected chi connectivity index (χ0v) is 14.8. The van der Waals surface area contributed by atoms with Crippen molar-refractivity contribution in [3.63, 3.8) is 0 Å². The maximum Gasteiger partial charge on any atom is 0.122 e. The fourth-order valence-corrected chi connectivity index (χ4v) is 3.01. The maximum absolute atomic E-state index is 6.20. The highest BCUT2D eigenvalue weighted by molar-refractivity contribution is 9.10. The molecule has 2 nitrogen and oxygen atoms in total. The van der Waals surface area contributed by atoms with Crippen LogP contribution in [-0.4, -0.2) is 13.2 Å². The Labute approximate surface area is 139 Å². The van der Waals surface area contributed by atoms with Crippen LogP contribution in [0.2, 0.25) is 5.02 Å². The Hall–Kier alpha value is -1.19. The summed E-state index contributed by atoms with van der Waals surface area (Å²) in [7, 11) is 1.70. The second-order valence-electron chi connectivity index (χ2n) is 5.14. The summed E-state index contributed by atoms with van der Waals surface area (Å²) in [5, 5.41) is 4.26. The third-order valence-electron chi connectivity index (χ3n) is 3.37. The number of hydrogen-bond donors (Lipinski definition) is 1. The molecule has 0 heterocycles. The summed E-state index contributed by atoms with van der Waals surface area (Å²) in [4.78, 5) is 0. The van der Waals surface area contributed by atoms with E-state index in [0.717, 1.165) is 32.9 Å². The van der Waals surface area contributed by atoms with Gasteiger partial charge in [0.2, 0.25) is 0 Å². The SMILES string of the molecule is COc1ccccc1CC(C)Nc1cc(Cl)c(C)cc1Br. The average molecular weight is 369 g/mol. The molecule has 2 rings (SSSR count). The smallest absolute Gasteiger partial charge is 0.122 e. The molecule has 0 saturated carbocycles. The summed E-state index contributed by atoms with van der Waals surface area (Å²) in [6.45, 7) is 4.14. The molecule has 2 aromatic carbocycles. The third kappa shape index (κ3) is 4.14. The van der Waals surface area contributed by atoms with Crippen molar-refractivity contribution in [2.75, 3.05) is 12.4 Å². The van der Waals surface area contributed by atoms with Crippen molar-refractivity contribution < 1.29 is 4.74 Å². The molecule has 2 aromatic rings. The van der Waals surface area contributed by atoms with Crippen LogP contribution < -0.4 is 10.1 Å². The minimum absolute atomic E-state index is 0.261. The molecule has 4 heteroatoms. The predicted octanol–water partition coefficient (Wildman–Crippen LogP) is 5.46. The van der Waals surface area contributed by atoms with Crippen LogP contribution in [0, 0.1) is 6.92 Å². The van der Waals surface area contributed by atoms with E-state index < -0.39 is 0 Å². The van der Waals surface area contributed by atoms with Gasteiger partial charge in [-0.25, -0.2) is 0 Å². The van der Waals surface area contributed by atoms with Crippen LogP contribution in [0.1, 0.15) is 18.1 Å². The van der Waals surface area contributed by atoms with Crippen molar-refractivity contribution in [1.82, 2.24) is 0 Å². The van der Waals surface area contributed by atoms with E-state index in [9.17, 15) is 0 Å². The van der Waals surface area contributed by atoms with Crippen LogP contribution in [0.5, 0.6) is 5.75 Å². The number of methoxy groups -OCH3 is 1. The quantitative estimate of drug-likeness (QED) is 0.756. The van der Waals surface area contributed by atoms with Gasteiger partial charge in [-0.05, 0) is 65.5 Å². The van der Waals surface area contributed by atoms with Crippen molar-refractivity contribution >= 4 is 33.2 Å². The lowest BCUT2D eigenvalue weighted by Gasteiger charge is -2.18. The molecule has 1 atom stereocenters. The summed E-state index contributed by atoms with van der Waals surface area (Å²) in [5.41, 5.74) is 3.26. The number of rotatable bonds is 5. The van der Waals surface area contributed by atoms with Crippen LogP contribution in [0.4, 0.5) is 5.69 Å². The van der Waals surface area contributed by atoms with Crippen LogP contribution in [0.25, 0.3) is 0 Å². The number of para-hydroxylation sites is 1. The van der Waals surface area contributed by atoms with E-state index in [1.807, 2.05) is 37.3 Å². The number of hydrogen-bond acceptors (Lipinski definition) is 2. The second kappa shape index (κ2) is 7.19. The van der Waals surface area contributed by atoms with Crippen LogP contribution in [0.15, 0.2) is 40.9 Å². The summed E-state index contributed by atoms with van der Waals surface area (Å²) >= 11 is 9.77. The Morgan fingerprint density at radius 1 is 1.29 bits per heavy atom. The predicted molar refractivity (Wildman–Crippen MR) is 93.7 cm³/mol. The lowest BCUT2D eigenvalue weighted by Crippen LogP contribution is -2.18. The number of ether oxygens (including phenoxy) is 1. The Kier molecular flexibility index (Phi) is 5.54. The minimum atomic E-state index is 0.261. The van der Waals surface area contributed by atoms with Crippen LogP contribution >= 0.6 is 27.5 Å². The van der Waals surface area contributed by atoms with Gasteiger partial charge in [0.05, 0.1) is 12.8 Å². The van der Waals surface area contributed by atoms with Crippen LogP contribution in [-0.2, 0) is 6.42 Å². The first-order valence-electron chi connectivity index (χ1n) is 6.85. The van der Waals surface area contributed by atoms with Gasteiger partial charge in [0.25, 0.3) is 0 Å². The van der Waals surface area contributed by atoms with Crippen molar-refractivity contribution in [2.45, 2.75) is 26.3 Å². The molecule has 0 amide bonds. The summed E-state index contributed by atoms with van der Waals surface area (Å²) in [6.07, 6.45) is 0.877. The zero-order chi connectivity index (χ0) is 15.4. The average Bonchev–Trinajstić information content (AvgIpc) is 2.45. The third-order valence-corrected chi connectivity index (χ3v) is 4.43. The van der Waals surface area contributed by atoms with E-state index in [1.54, 1.807) is 7.11 Å². The van der Waals surface area contributed by atoms with Gasteiger partial charge in [0, 0.05) is 15.5 Å². The highest BCUT2D eigenvalue weighted by atomic mass is 79.9. The highest BCUT2D eigenvalue weighted by Gasteiger charge is 2.10. The van der Waals surface area contributed by atoms with Crippen molar-refractivity contribution in [3.8, 4) is 5.75 Å². The van der Waals surface area contributed by atoms with Crippen molar-refractivity contribution in [2.24, 2.45) is 0 Å². The summed E-state index contributed by atoms with van der Waals surface area (Å²) in [6, 6.07) is 12.3. The fourth-order valence-electron chi connectivity index (χ4n) is 2.27. The highest BCUT2D eigenvalue weighted by Crippen LogP contribution is 2.30. The Balaban J connectivity index is 2.12. The number of benzene rings is 2. The molecule has 112 valence electrons. The molecule has 1 N–H and O–H groups in total. The van der Waals surface area contributed by atoms with E-state index in [2.05, 4.69) is 34.2 Å². The monoisotopic (exact) mass is 367 g/mol. The molecule has 0 aromatic heterocycles. The Morgan fingerprint density at radius 2 is 2.00 bits per heavy atom. The topological polar surface area (TPSA) is 21.3 Å². The standard InChI is InChI=1S/C17H19BrClNO/c1-11-8-14(18)16(10-15(11)19)20-12(2)9-13-6-4-5-7-17(13)21-3/h4-8,10,12,20H,9H2,1-3H3. The normalized spacial score (nSPS) is 12.0. The number of halogens is 2. The lowest BCUT2D eigenvalue weighted by atomic mass is 10.1. The molecule has 0 aliphatic carbocycles. The minimum Gasteiger partial charge on any atom is -0.496 e. The van der Waals surface area contributed by atoms with Gasteiger partial charge in [-0.3, -0.25) is 0 Å². The van der Waals surface area contributed by atoms with E-state index in [4.69, 9.17) is 16.3 Å². The molecule has 21 heavy (non-hydrogen) atoms. The van der Waals surface area contributed by atoms with Crippen LogP contribution in [0.3, 0.4) is 0 Å².